The Morgan fingerprint density at radius 1 is 1.19 bits per heavy atom. The van der Waals surface area contributed by atoms with E-state index in [4.69, 9.17) is 4.74 Å². The van der Waals surface area contributed by atoms with Gasteiger partial charge in [-0.05, 0) is 31.9 Å². The lowest BCUT2D eigenvalue weighted by Gasteiger charge is -2.47. The van der Waals surface area contributed by atoms with Crippen LogP contribution in [0.5, 0.6) is 0 Å². The molecular formula is C20H24N4O3. The Morgan fingerprint density at radius 2 is 1.89 bits per heavy atom. The van der Waals surface area contributed by atoms with Gasteiger partial charge in [-0.1, -0.05) is 18.2 Å². The highest BCUT2D eigenvalue weighted by molar-refractivity contribution is 5.96. The maximum Gasteiger partial charge on any atom is 0.257 e. The standard InChI is InChI=1S/C20H24N4O3/c1-15-17(12-22(2)21-15)19(26)23-10-8-20(9-11-23)14-24(18(25)13-27-20)16-6-4-3-5-7-16/h3-7,12H,8-11,13-14H2,1-2H3. The molecule has 27 heavy (non-hydrogen) atoms. The molecule has 0 saturated carbocycles. The van der Waals surface area contributed by atoms with Crippen molar-refractivity contribution in [2.45, 2.75) is 25.4 Å². The number of amides is 2. The lowest BCUT2D eigenvalue weighted by Crippen LogP contribution is -2.59. The van der Waals surface area contributed by atoms with Gasteiger partial charge in [0.15, 0.2) is 0 Å². The molecule has 1 aromatic heterocycles. The number of aryl methyl sites for hydroxylation is 2. The summed E-state index contributed by atoms with van der Waals surface area (Å²) in [6.07, 6.45) is 3.21. The van der Waals surface area contributed by atoms with E-state index in [1.165, 1.54) is 0 Å². The number of nitrogens with zero attached hydrogens (tertiary/aromatic N) is 4. The van der Waals surface area contributed by atoms with E-state index in [9.17, 15) is 9.59 Å². The molecule has 3 heterocycles. The predicted octanol–water partition coefficient (Wildman–Crippen LogP) is 1.77. The van der Waals surface area contributed by atoms with Gasteiger partial charge in [0.05, 0.1) is 23.4 Å². The number of morpholine rings is 1. The second-order valence-electron chi connectivity index (χ2n) is 7.38. The first-order chi connectivity index (χ1) is 13.0. The molecule has 0 bridgehead atoms. The van der Waals surface area contributed by atoms with E-state index in [0.717, 1.165) is 11.4 Å². The van der Waals surface area contributed by atoms with Crippen LogP contribution in [-0.4, -0.2) is 58.3 Å². The van der Waals surface area contributed by atoms with E-state index in [1.807, 2.05) is 54.1 Å². The lowest BCUT2D eigenvalue weighted by molar-refractivity contribution is -0.143. The highest BCUT2D eigenvalue weighted by Crippen LogP contribution is 2.33. The molecule has 0 aliphatic carbocycles. The van der Waals surface area contributed by atoms with Gasteiger partial charge in [-0.15, -0.1) is 0 Å². The van der Waals surface area contributed by atoms with Crippen molar-refractivity contribution in [2.24, 2.45) is 7.05 Å². The quantitative estimate of drug-likeness (QED) is 0.810. The molecular weight excluding hydrogens is 344 g/mol. The van der Waals surface area contributed by atoms with E-state index in [0.29, 0.717) is 38.0 Å². The van der Waals surface area contributed by atoms with Gasteiger partial charge in [0.2, 0.25) is 0 Å². The van der Waals surface area contributed by atoms with Crippen molar-refractivity contribution in [1.82, 2.24) is 14.7 Å². The number of carbonyl (C=O) groups is 2. The first kappa shape index (κ1) is 17.7. The van der Waals surface area contributed by atoms with Crippen LogP contribution in [0.1, 0.15) is 28.9 Å². The van der Waals surface area contributed by atoms with Crippen LogP contribution in [0.2, 0.25) is 0 Å². The fourth-order valence-electron chi connectivity index (χ4n) is 3.96. The molecule has 2 aromatic rings. The van der Waals surface area contributed by atoms with E-state index >= 15 is 0 Å². The second-order valence-corrected chi connectivity index (χ2v) is 7.38. The third-order valence-corrected chi connectivity index (χ3v) is 5.52. The molecule has 2 aliphatic rings. The van der Waals surface area contributed by atoms with E-state index < -0.39 is 0 Å². The van der Waals surface area contributed by atoms with Crippen LogP contribution < -0.4 is 4.90 Å². The molecule has 142 valence electrons. The van der Waals surface area contributed by atoms with Crippen LogP contribution in [0.15, 0.2) is 36.5 Å². The van der Waals surface area contributed by atoms with E-state index in [2.05, 4.69) is 5.10 Å². The summed E-state index contributed by atoms with van der Waals surface area (Å²) in [7, 11) is 1.82. The van der Waals surface area contributed by atoms with Gasteiger partial charge in [-0.25, -0.2) is 0 Å². The van der Waals surface area contributed by atoms with Crippen molar-refractivity contribution in [2.75, 3.05) is 31.1 Å². The number of likely N-dealkylation sites (tertiary alicyclic amines) is 1. The zero-order chi connectivity index (χ0) is 19.0. The average molecular weight is 368 g/mol. The number of para-hydroxylation sites is 1. The number of ether oxygens (including phenoxy) is 1. The van der Waals surface area contributed by atoms with Gasteiger partial charge in [-0.3, -0.25) is 14.3 Å². The Labute approximate surface area is 158 Å². The Kier molecular flexibility index (Phi) is 4.47. The largest absolute Gasteiger partial charge is 0.363 e. The van der Waals surface area contributed by atoms with Crippen molar-refractivity contribution in [3.05, 3.63) is 47.8 Å². The zero-order valence-electron chi connectivity index (χ0n) is 15.7. The molecule has 2 fully saturated rings. The normalized spacial score (nSPS) is 19.6. The van der Waals surface area contributed by atoms with Crippen molar-refractivity contribution >= 4 is 17.5 Å². The number of carbonyl (C=O) groups excluding carboxylic acids is 2. The van der Waals surface area contributed by atoms with Gasteiger partial charge in [0.1, 0.15) is 6.61 Å². The Balaban J connectivity index is 1.45. The molecule has 0 radical (unpaired) electrons. The monoisotopic (exact) mass is 368 g/mol. The smallest absolute Gasteiger partial charge is 0.257 e. The Morgan fingerprint density at radius 3 is 2.52 bits per heavy atom. The number of rotatable bonds is 2. The number of piperidine rings is 1. The molecule has 0 N–H and O–H groups in total. The average Bonchev–Trinajstić information content (AvgIpc) is 3.03. The van der Waals surface area contributed by atoms with Crippen molar-refractivity contribution in [3.63, 3.8) is 0 Å². The van der Waals surface area contributed by atoms with Gasteiger partial charge in [-0.2, -0.15) is 5.10 Å². The van der Waals surface area contributed by atoms with Gasteiger partial charge in [0.25, 0.3) is 11.8 Å². The number of aromatic nitrogens is 2. The Bertz CT molecular complexity index is 853. The molecule has 2 saturated heterocycles. The van der Waals surface area contributed by atoms with E-state index in [-0.39, 0.29) is 24.0 Å². The third kappa shape index (κ3) is 3.35. The highest BCUT2D eigenvalue weighted by Gasteiger charge is 2.43. The van der Waals surface area contributed by atoms with Crippen LogP contribution in [0.4, 0.5) is 5.69 Å². The van der Waals surface area contributed by atoms with Gasteiger partial charge < -0.3 is 14.5 Å². The maximum atomic E-state index is 12.8. The fraction of sp³-hybridized carbons (Fsp3) is 0.450. The summed E-state index contributed by atoms with van der Waals surface area (Å²) in [6, 6.07) is 9.70. The number of benzene rings is 1. The number of hydrogen-bond acceptors (Lipinski definition) is 4. The summed E-state index contributed by atoms with van der Waals surface area (Å²) < 4.78 is 7.65. The second kappa shape index (κ2) is 6.81. The van der Waals surface area contributed by atoms with E-state index in [1.54, 1.807) is 10.9 Å². The molecule has 7 heteroatoms. The summed E-state index contributed by atoms with van der Waals surface area (Å²) in [5, 5.41) is 4.26. The highest BCUT2D eigenvalue weighted by atomic mass is 16.5. The summed E-state index contributed by atoms with van der Waals surface area (Å²) in [4.78, 5) is 28.8. The van der Waals surface area contributed by atoms with Gasteiger partial charge >= 0.3 is 0 Å². The van der Waals surface area contributed by atoms with Crippen molar-refractivity contribution in [1.29, 1.82) is 0 Å². The summed E-state index contributed by atoms with van der Waals surface area (Å²) >= 11 is 0. The van der Waals surface area contributed by atoms with Crippen molar-refractivity contribution in [3.8, 4) is 0 Å². The summed E-state index contributed by atoms with van der Waals surface area (Å²) in [5.74, 6) is -0.00133. The lowest BCUT2D eigenvalue weighted by atomic mass is 9.88. The summed E-state index contributed by atoms with van der Waals surface area (Å²) in [6.45, 7) is 3.70. The maximum absolute atomic E-state index is 12.8. The predicted molar refractivity (Wildman–Crippen MR) is 101 cm³/mol. The minimum atomic E-state index is -0.384. The number of anilines is 1. The molecule has 0 atom stereocenters. The van der Waals surface area contributed by atoms with Gasteiger partial charge in [0, 0.05) is 32.0 Å². The first-order valence-corrected chi connectivity index (χ1v) is 9.26. The minimum absolute atomic E-state index is 0.0160. The van der Waals surface area contributed by atoms with Crippen LogP contribution in [0.25, 0.3) is 0 Å². The first-order valence-electron chi connectivity index (χ1n) is 9.26. The molecule has 2 aliphatic heterocycles. The zero-order valence-corrected chi connectivity index (χ0v) is 15.7. The van der Waals surface area contributed by atoms with Crippen LogP contribution in [0, 0.1) is 6.92 Å². The molecule has 2 amide bonds. The summed E-state index contributed by atoms with van der Waals surface area (Å²) in [5.41, 5.74) is 1.91. The fourth-order valence-corrected chi connectivity index (χ4v) is 3.96. The van der Waals surface area contributed by atoms with Crippen LogP contribution in [0.3, 0.4) is 0 Å². The number of hydrogen-bond donors (Lipinski definition) is 0. The van der Waals surface area contributed by atoms with Crippen LogP contribution in [-0.2, 0) is 16.6 Å². The minimum Gasteiger partial charge on any atom is -0.363 e. The SMILES string of the molecule is Cc1nn(C)cc1C(=O)N1CCC2(CC1)CN(c1ccccc1)C(=O)CO2. The third-order valence-electron chi connectivity index (χ3n) is 5.52. The molecule has 1 aromatic carbocycles. The molecule has 7 nitrogen and oxygen atoms in total. The Hall–Kier alpha value is -2.67. The molecule has 0 unspecified atom stereocenters. The molecule has 4 rings (SSSR count). The topological polar surface area (TPSA) is 67.7 Å². The molecule has 1 spiro atoms. The van der Waals surface area contributed by atoms with Crippen LogP contribution >= 0.6 is 0 Å². The van der Waals surface area contributed by atoms with Crippen molar-refractivity contribution < 1.29 is 14.3 Å².